The summed E-state index contributed by atoms with van der Waals surface area (Å²) in [7, 11) is 1.57. The number of rotatable bonds is 6. The summed E-state index contributed by atoms with van der Waals surface area (Å²) in [4.78, 5) is 8.97. The fraction of sp³-hybridized carbons (Fsp3) is 0.296. The lowest BCUT2D eigenvalue weighted by Crippen LogP contribution is -2.31. The van der Waals surface area contributed by atoms with E-state index >= 15 is 0 Å². The Morgan fingerprint density at radius 1 is 1.09 bits per heavy atom. The summed E-state index contributed by atoms with van der Waals surface area (Å²) in [6.45, 7) is 3.83. The molecule has 0 radical (unpaired) electrons. The van der Waals surface area contributed by atoms with Crippen LogP contribution in [-0.2, 0) is 5.60 Å². The van der Waals surface area contributed by atoms with Gasteiger partial charge in [0.25, 0.3) is 0 Å². The van der Waals surface area contributed by atoms with E-state index in [4.69, 9.17) is 9.26 Å². The Hall–Kier alpha value is -3.91. The zero-order valence-electron chi connectivity index (χ0n) is 19.9. The van der Waals surface area contributed by atoms with Gasteiger partial charge in [-0.25, -0.2) is 4.98 Å². The van der Waals surface area contributed by atoms with Crippen molar-refractivity contribution in [2.45, 2.75) is 38.5 Å². The Morgan fingerprint density at radius 2 is 1.94 bits per heavy atom. The number of ether oxygens (including phenoxy) is 1. The molecular formula is C27H27N5O3. The molecule has 1 aliphatic carbocycles. The van der Waals surface area contributed by atoms with Crippen molar-refractivity contribution in [3.8, 4) is 17.0 Å². The van der Waals surface area contributed by atoms with E-state index in [-0.39, 0.29) is 6.17 Å². The first kappa shape index (κ1) is 21.6. The van der Waals surface area contributed by atoms with Crippen molar-refractivity contribution in [3.05, 3.63) is 83.1 Å². The molecule has 1 fully saturated rings. The first-order valence-electron chi connectivity index (χ1n) is 11.8. The Labute approximate surface area is 203 Å². The third kappa shape index (κ3) is 3.52. The predicted octanol–water partition coefficient (Wildman–Crippen LogP) is 4.61. The van der Waals surface area contributed by atoms with Gasteiger partial charge in [-0.3, -0.25) is 4.98 Å². The van der Waals surface area contributed by atoms with Crippen LogP contribution in [0.4, 0.5) is 11.4 Å². The highest BCUT2D eigenvalue weighted by Crippen LogP contribution is 2.49. The molecule has 35 heavy (non-hydrogen) atoms. The van der Waals surface area contributed by atoms with E-state index in [2.05, 4.69) is 31.8 Å². The SMILES string of the molecule is COc1ccc(C(O)(c2ccccn2)c2cc(-c3c(C)noc3C)cc3c2NC(C2CC2)N3)cn1. The van der Waals surface area contributed by atoms with Crippen LogP contribution in [0.1, 0.15) is 41.1 Å². The maximum atomic E-state index is 12.6. The van der Waals surface area contributed by atoms with Crippen molar-refractivity contribution in [1.82, 2.24) is 15.1 Å². The number of fused-ring (bicyclic) bond motifs is 1. The van der Waals surface area contributed by atoms with Gasteiger partial charge < -0.3 is 25.0 Å². The summed E-state index contributed by atoms with van der Waals surface area (Å²) in [5, 5.41) is 24.1. The average molecular weight is 470 g/mol. The van der Waals surface area contributed by atoms with Crippen molar-refractivity contribution in [2.75, 3.05) is 17.7 Å². The van der Waals surface area contributed by atoms with Crippen LogP contribution >= 0.6 is 0 Å². The standard InChI is InChI=1S/C27H27N5O3/c1-15-24(16(2)35-32-15)18-12-20(25-21(13-18)30-26(31-25)17-7-8-17)27(33,22-6-4-5-11-28-22)19-9-10-23(34-3)29-14-19/h4-6,9-14,17,26,30-31,33H,7-8H2,1-3H3. The van der Waals surface area contributed by atoms with E-state index in [1.54, 1.807) is 25.6 Å². The zero-order chi connectivity index (χ0) is 24.2. The predicted molar refractivity (Wildman–Crippen MR) is 132 cm³/mol. The highest BCUT2D eigenvalue weighted by molar-refractivity contribution is 5.86. The molecule has 2 atom stereocenters. The smallest absolute Gasteiger partial charge is 0.212 e. The van der Waals surface area contributed by atoms with Crippen molar-refractivity contribution in [2.24, 2.45) is 5.92 Å². The van der Waals surface area contributed by atoms with Crippen LogP contribution in [0.3, 0.4) is 0 Å². The molecule has 2 unspecified atom stereocenters. The number of aryl methyl sites for hydroxylation is 2. The van der Waals surface area contributed by atoms with Gasteiger partial charge in [0.1, 0.15) is 5.76 Å². The molecular weight excluding hydrogens is 442 g/mol. The van der Waals surface area contributed by atoms with Gasteiger partial charge in [-0.1, -0.05) is 11.2 Å². The van der Waals surface area contributed by atoms with Crippen LogP contribution < -0.4 is 15.4 Å². The van der Waals surface area contributed by atoms with Crippen LogP contribution in [0.15, 0.2) is 59.4 Å². The van der Waals surface area contributed by atoms with Crippen LogP contribution in [0.2, 0.25) is 0 Å². The third-order valence-electron chi connectivity index (χ3n) is 6.95. The van der Waals surface area contributed by atoms with E-state index in [1.165, 1.54) is 12.8 Å². The quantitative estimate of drug-likeness (QED) is 0.376. The van der Waals surface area contributed by atoms with E-state index < -0.39 is 5.60 Å². The van der Waals surface area contributed by atoms with Gasteiger partial charge in [-0.2, -0.15) is 0 Å². The van der Waals surface area contributed by atoms with Gasteiger partial charge in [0.15, 0.2) is 5.60 Å². The highest BCUT2D eigenvalue weighted by Gasteiger charge is 2.43. The first-order chi connectivity index (χ1) is 17.0. The highest BCUT2D eigenvalue weighted by atomic mass is 16.5. The maximum Gasteiger partial charge on any atom is 0.212 e. The molecule has 8 nitrogen and oxygen atoms in total. The number of aliphatic hydroxyl groups is 1. The molecule has 178 valence electrons. The molecule has 3 aromatic heterocycles. The van der Waals surface area contributed by atoms with Crippen molar-refractivity contribution >= 4 is 11.4 Å². The molecule has 4 heterocycles. The molecule has 3 N–H and O–H groups in total. The average Bonchev–Trinajstić information content (AvgIpc) is 3.57. The van der Waals surface area contributed by atoms with Crippen LogP contribution in [-0.4, -0.2) is 33.5 Å². The molecule has 1 aliphatic heterocycles. The Bertz CT molecular complexity index is 1360. The maximum absolute atomic E-state index is 12.6. The minimum atomic E-state index is -1.58. The largest absolute Gasteiger partial charge is 0.481 e. The Kier molecular flexibility index (Phi) is 5.00. The van der Waals surface area contributed by atoms with Crippen molar-refractivity contribution in [1.29, 1.82) is 0 Å². The fourth-order valence-corrected chi connectivity index (χ4v) is 4.99. The lowest BCUT2D eigenvalue weighted by molar-refractivity contribution is 0.121. The molecule has 1 aromatic carbocycles. The number of hydrogen-bond donors (Lipinski definition) is 3. The fourth-order valence-electron chi connectivity index (χ4n) is 4.99. The molecule has 8 heteroatoms. The molecule has 2 aliphatic rings. The van der Waals surface area contributed by atoms with Crippen LogP contribution in [0, 0.1) is 19.8 Å². The number of methoxy groups -OCH3 is 1. The number of benzene rings is 1. The number of nitrogens with one attached hydrogen (secondary N) is 2. The van der Waals surface area contributed by atoms with E-state index in [0.717, 1.165) is 34.0 Å². The first-order valence-corrected chi connectivity index (χ1v) is 11.8. The minimum absolute atomic E-state index is 0.116. The molecule has 0 saturated heterocycles. The Morgan fingerprint density at radius 3 is 2.57 bits per heavy atom. The summed E-state index contributed by atoms with van der Waals surface area (Å²) >= 11 is 0. The lowest BCUT2D eigenvalue weighted by Gasteiger charge is -2.31. The number of aromatic nitrogens is 3. The second kappa shape index (κ2) is 8.09. The number of pyridine rings is 2. The van der Waals surface area contributed by atoms with Gasteiger partial charge in [0.2, 0.25) is 5.88 Å². The summed E-state index contributed by atoms with van der Waals surface area (Å²) in [5.74, 6) is 1.76. The topological polar surface area (TPSA) is 105 Å². The second-order valence-corrected chi connectivity index (χ2v) is 9.26. The van der Waals surface area contributed by atoms with Crippen molar-refractivity contribution < 1.29 is 14.4 Å². The number of anilines is 2. The van der Waals surface area contributed by atoms with Gasteiger partial charge in [-0.15, -0.1) is 0 Å². The molecule has 0 spiro atoms. The van der Waals surface area contributed by atoms with Gasteiger partial charge in [-0.05, 0) is 68.5 Å². The number of nitrogens with zero attached hydrogens (tertiary/aromatic N) is 3. The van der Waals surface area contributed by atoms with Gasteiger partial charge >= 0.3 is 0 Å². The van der Waals surface area contributed by atoms with Gasteiger partial charge in [0.05, 0.1) is 36.0 Å². The molecule has 0 amide bonds. The van der Waals surface area contributed by atoms with E-state index in [1.807, 2.05) is 44.2 Å². The lowest BCUT2D eigenvalue weighted by atomic mass is 9.81. The summed E-state index contributed by atoms with van der Waals surface area (Å²) in [6, 6.07) is 13.2. The normalized spacial score (nSPS) is 18.3. The summed E-state index contributed by atoms with van der Waals surface area (Å²) in [5.41, 5.74) is 4.63. The monoisotopic (exact) mass is 469 g/mol. The third-order valence-corrected chi connectivity index (χ3v) is 6.95. The van der Waals surface area contributed by atoms with Crippen molar-refractivity contribution in [3.63, 3.8) is 0 Å². The molecule has 0 bridgehead atoms. The van der Waals surface area contributed by atoms with Gasteiger partial charge in [0, 0.05) is 35.2 Å². The molecule has 6 rings (SSSR count). The zero-order valence-corrected chi connectivity index (χ0v) is 19.9. The van der Waals surface area contributed by atoms with Crippen LogP contribution in [0.25, 0.3) is 11.1 Å². The minimum Gasteiger partial charge on any atom is -0.481 e. The number of hydrogen-bond acceptors (Lipinski definition) is 8. The molecule has 4 aromatic rings. The van der Waals surface area contributed by atoms with E-state index in [0.29, 0.717) is 28.6 Å². The summed E-state index contributed by atoms with van der Waals surface area (Å²) < 4.78 is 10.7. The second-order valence-electron chi connectivity index (χ2n) is 9.26. The summed E-state index contributed by atoms with van der Waals surface area (Å²) in [6.07, 6.45) is 5.80. The van der Waals surface area contributed by atoms with Crippen LogP contribution in [0.5, 0.6) is 5.88 Å². The Balaban J connectivity index is 1.61. The molecule has 1 saturated carbocycles. The van der Waals surface area contributed by atoms with E-state index in [9.17, 15) is 5.11 Å².